The van der Waals surface area contributed by atoms with E-state index in [9.17, 15) is 9.59 Å². The molecule has 0 atom stereocenters. The Balaban J connectivity index is 1.68. The standard InChI is InChI=1S/C21H26N4O2/c1-3-23-12-7-13-24(14-19(23)26)21(27)20-16-9-6-11-18(16)25(22-20)17-10-5-4-8-15(17)2/h4-5,8,10H,3,6-7,9,11-14H2,1-2H3. The summed E-state index contributed by atoms with van der Waals surface area (Å²) in [6, 6.07) is 8.12. The molecule has 2 heterocycles. The molecule has 0 saturated carbocycles. The largest absolute Gasteiger partial charge is 0.341 e. The Bertz CT molecular complexity index is 886. The van der Waals surface area contributed by atoms with Crippen molar-refractivity contribution in [2.45, 2.75) is 39.5 Å². The molecule has 0 spiro atoms. The molecule has 0 bridgehead atoms. The van der Waals surface area contributed by atoms with E-state index in [-0.39, 0.29) is 18.4 Å². The van der Waals surface area contributed by atoms with E-state index in [4.69, 9.17) is 5.10 Å². The zero-order valence-corrected chi connectivity index (χ0v) is 16.1. The zero-order chi connectivity index (χ0) is 19.0. The number of carbonyl (C=O) groups is 2. The molecule has 1 aromatic carbocycles. The van der Waals surface area contributed by atoms with Crippen LogP contribution in [0.2, 0.25) is 0 Å². The predicted molar refractivity (Wildman–Crippen MR) is 103 cm³/mol. The maximum atomic E-state index is 13.3. The maximum Gasteiger partial charge on any atom is 0.275 e. The second-order valence-electron chi connectivity index (χ2n) is 7.38. The Morgan fingerprint density at radius 3 is 2.74 bits per heavy atom. The minimum Gasteiger partial charge on any atom is -0.341 e. The van der Waals surface area contributed by atoms with Gasteiger partial charge in [0.15, 0.2) is 5.69 Å². The molecule has 6 nitrogen and oxygen atoms in total. The van der Waals surface area contributed by atoms with Gasteiger partial charge in [0.05, 0.1) is 5.69 Å². The second kappa shape index (κ2) is 7.18. The Hall–Kier alpha value is -2.63. The molecule has 2 aromatic rings. The number of para-hydroxylation sites is 1. The Kier molecular flexibility index (Phi) is 4.72. The number of nitrogens with zero attached hydrogens (tertiary/aromatic N) is 4. The van der Waals surface area contributed by atoms with Crippen LogP contribution in [0.1, 0.15) is 47.1 Å². The van der Waals surface area contributed by atoms with Crippen molar-refractivity contribution in [1.29, 1.82) is 0 Å². The minimum absolute atomic E-state index is 0.0262. The van der Waals surface area contributed by atoms with Gasteiger partial charge in [0, 0.05) is 30.9 Å². The normalized spacial score (nSPS) is 17.2. The lowest BCUT2D eigenvalue weighted by atomic mass is 10.1. The highest BCUT2D eigenvalue weighted by Crippen LogP contribution is 2.29. The number of fused-ring (bicyclic) bond motifs is 1. The monoisotopic (exact) mass is 366 g/mol. The molecule has 1 saturated heterocycles. The third-order valence-corrected chi connectivity index (χ3v) is 5.68. The van der Waals surface area contributed by atoms with Crippen molar-refractivity contribution < 1.29 is 9.59 Å². The Morgan fingerprint density at radius 1 is 1.15 bits per heavy atom. The molecule has 27 heavy (non-hydrogen) atoms. The van der Waals surface area contributed by atoms with Crippen LogP contribution in [0, 0.1) is 6.92 Å². The first-order chi connectivity index (χ1) is 13.1. The number of hydrogen-bond acceptors (Lipinski definition) is 3. The summed E-state index contributed by atoms with van der Waals surface area (Å²) in [6.07, 6.45) is 3.67. The molecule has 2 aliphatic rings. The molecule has 1 aromatic heterocycles. The van der Waals surface area contributed by atoms with E-state index in [2.05, 4.69) is 13.0 Å². The van der Waals surface area contributed by atoms with Gasteiger partial charge in [0.25, 0.3) is 5.91 Å². The Labute approximate surface area is 159 Å². The van der Waals surface area contributed by atoms with Crippen LogP contribution in [0.4, 0.5) is 0 Å². The fraction of sp³-hybridized carbons (Fsp3) is 0.476. The van der Waals surface area contributed by atoms with Crippen LogP contribution in [0.15, 0.2) is 24.3 Å². The minimum atomic E-state index is -0.105. The van der Waals surface area contributed by atoms with Gasteiger partial charge < -0.3 is 9.80 Å². The summed E-state index contributed by atoms with van der Waals surface area (Å²) in [7, 11) is 0. The van der Waals surface area contributed by atoms with Crippen LogP contribution >= 0.6 is 0 Å². The van der Waals surface area contributed by atoms with Gasteiger partial charge in [-0.3, -0.25) is 9.59 Å². The second-order valence-corrected chi connectivity index (χ2v) is 7.38. The molecule has 6 heteroatoms. The van der Waals surface area contributed by atoms with Gasteiger partial charge in [-0.25, -0.2) is 4.68 Å². The number of aromatic nitrogens is 2. The fourth-order valence-corrected chi connectivity index (χ4v) is 4.19. The van der Waals surface area contributed by atoms with Crippen LogP contribution < -0.4 is 0 Å². The number of rotatable bonds is 3. The van der Waals surface area contributed by atoms with E-state index in [1.807, 2.05) is 34.7 Å². The summed E-state index contributed by atoms with van der Waals surface area (Å²) in [5.74, 6) is -0.0786. The lowest BCUT2D eigenvalue weighted by molar-refractivity contribution is -0.130. The molecule has 142 valence electrons. The third kappa shape index (κ3) is 3.13. The molecule has 1 aliphatic carbocycles. The van der Waals surface area contributed by atoms with Gasteiger partial charge in [0.1, 0.15) is 6.54 Å². The van der Waals surface area contributed by atoms with Crippen LogP contribution in [0.25, 0.3) is 5.69 Å². The molecule has 0 unspecified atom stereocenters. The van der Waals surface area contributed by atoms with Crippen LogP contribution in [0.3, 0.4) is 0 Å². The van der Waals surface area contributed by atoms with Crippen LogP contribution in [-0.2, 0) is 17.6 Å². The molecular formula is C21H26N4O2. The van der Waals surface area contributed by atoms with E-state index in [0.717, 1.165) is 54.7 Å². The van der Waals surface area contributed by atoms with Crippen molar-refractivity contribution in [3.8, 4) is 5.69 Å². The summed E-state index contributed by atoms with van der Waals surface area (Å²) in [6.45, 7) is 6.21. The quantitative estimate of drug-likeness (QED) is 0.838. The first kappa shape index (κ1) is 17.8. The van der Waals surface area contributed by atoms with Crippen molar-refractivity contribution in [3.63, 3.8) is 0 Å². The average molecular weight is 366 g/mol. The molecular weight excluding hydrogens is 340 g/mol. The van der Waals surface area contributed by atoms with Gasteiger partial charge in [-0.05, 0) is 51.2 Å². The number of hydrogen-bond donors (Lipinski definition) is 0. The van der Waals surface area contributed by atoms with E-state index in [1.165, 1.54) is 0 Å². The van der Waals surface area contributed by atoms with Gasteiger partial charge in [-0.1, -0.05) is 18.2 Å². The Morgan fingerprint density at radius 2 is 1.96 bits per heavy atom. The first-order valence-electron chi connectivity index (χ1n) is 9.84. The third-order valence-electron chi connectivity index (χ3n) is 5.68. The molecule has 0 N–H and O–H groups in total. The number of carbonyl (C=O) groups excluding carboxylic acids is 2. The topological polar surface area (TPSA) is 58.4 Å². The molecule has 2 amide bonds. The van der Waals surface area contributed by atoms with Crippen molar-refractivity contribution in [2.75, 3.05) is 26.2 Å². The lowest BCUT2D eigenvalue weighted by Crippen LogP contribution is -2.39. The fourth-order valence-electron chi connectivity index (χ4n) is 4.19. The first-order valence-corrected chi connectivity index (χ1v) is 9.84. The SMILES string of the molecule is CCN1CCCN(C(=O)c2nn(-c3ccccc3C)c3c2CCC3)CC1=O. The lowest BCUT2D eigenvalue weighted by Gasteiger charge is -2.20. The van der Waals surface area contributed by atoms with E-state index in [1.54, 1.807) is 4.90 Å². The number of likely N-dealkylation sites (N-methyl/N-ethyl adjacent to an activating group) is 1. The predicted octanol–water partition coefficient (Wildman–Crippen LogP) is 2.36. The summed E-state index contributed by atoms with van der Waals surface area (Å²) >= 11 is 0. The summed E-state index contributed by atoms with van der Waals surface area (Å²) in [5, 5.41) is 4.73. The molecule has 1 aliphatic heterocycles. The van der Waals surface area contributed by atoms with Crippen LogP contribution in [0.5, 0.6) is 0 Å². The van der Waals surface area contributed by atoms with Crippen LogP contribution in [-0.4, -0.2) is 57.6 Å². The maximum absolute atomic E-state index is 13.3. The molecule has 1 fully saturated rings. The van der Waals surface area contributed by atoms with E-state index >= 15 is 0 Å². The highest BCUT2D eigenvalue weighted by atomic mass is 16.2. The summed E-state index contributed by atoms with van der Waals surface area (Å²) in [4.78, 5) is 29.2. The van der Waals surface area contributed by atoms with Crippen molar-refractivity contribution in [2.24, 2.45) is 0 Å². The van der Waals surface area contributed by atoms with Crippen molar-refractivity contribution >= 4 is 11.8 Å². The summed E-state index contributed by atoms with van der Waals surface area (Å²) in [5.41, 5.74) is 4.90. The average Bonchev–Trinajstić information content (AvgIpc) is 3.21. The van der Waals surface area contributed by atoms with Gasteiger partial charge in [0.2, 0.25) is 5.91 Å². The summed E-state index contributed by atoms with van der Waals surface area (Å²) < 4.78 is 1.95. The van der Waals surface area contributed by atoms with Crippen molar-refractivity contribution in [3.05, 3.63) is 46.8 Å². The van der Waals surface area contributed by atoms with Gasteiger partial charge in [-0.15, -0.1) is 0 Å². The number of aryl methyl sites for hydroxylation is 1. The van der Waals surface area contributed by atoms with Crippen molar-refractivity contribution in [1.82, 2.24) is 19.6 Å². The number of benzene rings is 1. The highest BCUT2D eigenvalue weighted by Gasteiger charge is 2.32. The highest BCUT2D eigenvalue weighted by molar-refractivity contribution is 5.96. The van der Waals surface area contributed by atoms with E-state index < -0.39 is 0 Å². The molecule has 0 radical (unpaired) electrons. The van der Waals surface area contributed by atoms with Gasteiger partial charge >= 0.3 is 0 Å². The van der Waals surface area contributed by atoms with Gasteiger partial charge in [-0.2, -0.15) is 5.10 Å². The smallest absolute Gasteiger partial charge is 0.275 e. The zero-order valence-electron chi connectivity index (χ0n) is 16.1. The number of amides is 2. The molecule has 4 rings (SSSR count). The van der Waals surface area contributed by atoms with E-state index in [0.29, 0.717) is 18.8 Å².